The van der Waals surface area contributed by atoms with E-state index in [2.05, 4.69) is 36.9 Å². The van der Waals surface area contributed by atoms with Crippen LogP contribution in [0.15, 0.2) is 36.4 Å². The summed E-state index contributed by atoms with van der Waals surface area (Å²) in [7, 11) is 5.95. The fourth-order valence-corrected chi connectivity index (χ4v) is 3.78. The smallest absolute Gasteiger partial charge is 0.256 e. The van der Waals surface area contributed by atoms with Gasteiger partial charge in [-0.05, 0) is 30.3 Å². The minimum atomic E-state index is -0.204. The zero-order chi connectivity index (χ0) is 17.6. The Morgan fingerprint density at radius 1 is 1.08 bits per heavy atom. The van der Waals surface area contributed by atoms with Crippen molar-refractivity contribution in [1.29, 1.82) is 0 Å². The van der Waals surface area contributed by atoms with E-state index in [4.69, 9.17) is 12.2 Å². The van der Waals surface area contributed by atoms with Crippen LogP contribution in [0.3, 0.4) is 0 Å². The van der Waals surface area contributed by atoms with Gasteiger partial charge in [-0.1, -0.05) is 38.1 Å². The molecule has 0 radical (unpaired) electrons. The molecule has 1 aliphatic rings. The topological polar surface area (TPSA) is 26.8 Å². The largest absolute Gasteiger partial charge is 0.377 e. The molecule has 0 bridgehead atoms. The molecule has 1 heterocycles. The molecule has 0 saturated carbocycles. The predicted molar refractivity (Wildman–Crippen MR) is 105 cm³/mol. The molecule has 1 unspecified atom stereocenters. The van der Waals surface area contributed by atoms with Crippen LogP contribution in [0.1, 0.15) is 13.8 Å². The van der Waals surface area contributed by atoms with Gasteiger partial charge in [-0.15, -0.1) is 0 Å². The molecule has 4 nitrogen and oxygen atoms in total. The molecule has 1 fully saturated rings. The van der Waals surface area contributed by atoms with Crippen LogP contribution in [0.5, 0.6) is 0 Å². The number of hydrogen-bond donors (Lipinski definition) is 0. The van der Waals surface area contributed by atoms with E-state index in [1.54, 1.807) is 4.90 Å². The number of benzene rings is 2. The van der Waals surface area contributed by atoms with E-state index < -0.39 is 0 Å². The van der Waals surface area contributed by atoms with Crippen LogP contribution in [0.25, 0.3) is 10.8 Å². The minimum absolute atomic E-state index is 0.0558. The Bertz CT molecular complexity index is 815. The molecular formula is C19H23N3OS. The van der Waals surface area contributed by atoms with Crippen molar-refractivity contribution in [1.82, 2.24) is 4.90 Å². The normalized spacial score (nSPS) is 18.2. The number of anilines is 2. The van der Waals surface area contributed by atoms with Crippen molar-refractivity contribution in [2.45, 2.75) is 19.9 Å². The van der Waals surface area contributed by atoms with Crippen molar-refractivity contribution in [3.63, 3.8) is 0 Å². The number of fused-ring (bicyclic) bond motifs is 1. The Morgan fingerprint density at radius 3 is 2.25 bits per heavy atom. The maximum Gasteiger partial charge on any atom is 0.256 e. The SMILES string of the molecule is CC(C)C1C(=O)N(c2ccc(N(C)C)c3ccccc23)C(=S)N1C. The zero-order valence-electron chi connectivity index (χ0n) is 14.8. The number of hydrogen-bond acceptors (Lipinski definition) is 3. The minimum Gasteiger partial charge on any atom is -0.377 e. The van der Waals surface area contributed by atoms with Crippen LogP contribution in [0.2, 0.25) is 0 Å². The molecule has 2 aromatic rings. The second-order valence-corrected chi connectivity index (χ2v) is 7.16. The molecule has 1 atom stereocenters. The number of nitrogens with zero attached hydrogens (tertiary/aromatic N) is 3. The van der Waals surface area contributed by atoms with Crippen LogP contribution >= 0.6 is 12.2 Å². The fraction of sp³-hybridized carbons (Fsp3) is 0.368. The highest BCUT2D eigenvalue weighted by atomic mass is 32.1. The molecule has 1 amide bonds. The first-order chi connectivity index (χ1) is 11.3. The van der Waals surface area contributed by atoms with Crippen molar-refractivity contribution >= 4 is 45.4 Å². The average molecular weight is 341 g/mol. The van der Waals surface area contributed by atoms with Gasteiger partial charge in [0.1, 0.15) is 6.04 Å². The van der Waals surface area contributed by atoms with Gasteiger partial charge < -0.3 is 9.80 Å². The number of carbonyl (C=O) groups excluding carboxylic acids is 1. The molecule has 126 valence electrons. The van der Waals surface area contributed by atoms with Crippen LogP contribution in [0, 0.1) is 5.92 Å². The average Bonchev–Trinajstić information content (AvgIpc) is 2.76. The van der Waals surface area contributed by atoms with Gasteiger partial charge in [-0.25, -0.2) is 0 Å². The van der Waals surface area contributed by atoms with E-state index in [9.17, 15) is 4.79 Å². The summed E-state index contributed by atoms with van der Waals surface area (Å²) < 4.78 is 0. The van der Waals surface area contributed by atoms with Crippen LogP contribution in [0.4, 0.5) is 11.4 Å². The summed E-state index contributed by atoms with van der Waals surface area (Å²) in [6.07, 6.45) is 0. The summed E-state index contributed by atoms with van der Waals surface area (Å²) >= 11 is 5.59. The summed E-state index contributed by atoms with van der Waals surface area (Å²) in [4.78, 5) is 18.7. The number of likely N-dealkylation sites (N-methyl/N-ethyl adjacent to an activating group) is 1. The second-order valence-electron chi connectivity index (χ2n) is 6.80. The van der Waals surface area contributed by atoms with E-state index in [1.165, 1.54) is 0 Å². The van der Waals surface area contributed by atoms with Gasteiger partial charge in [-0.3, -0.25) is 9.69 Å². The van der Waals surface area contributed by atoms with Gasteiger partial charge in [0.15, 0.2) is 5.11 Å². The lowest BCUT2D eigenvalue weighted by molar-refractivity contribution is -0.120. The highest BCUT2D eigenvalue weighted by Gasteiger charge is 2.43. The Labute approximate surface area is 148 Å². The van der Waals surface area contributed by atoms with Gasteiger partial charge in [0.05, 0.1) is 5.69 Å². The number of rotatable bonds is 3. The van der Waals surface area contributed by atoms with Crippen LogP contribution in [-0.2, 0) is 4.79 Å². The second kappa shape index (κ2) is 6.06. The van der Waals surface area contributed by atoms with Crippen molar-refractivity contribution in [3.8, 4) is 0 Å². The Balaban J connectivity index is 2.19. The Morgan fingerprint density at radius 2 is 1.71 bits per heavy atom. The quantitative estimate of drug-likeness (QED) is 0.799. The Hall–Kier alpha value is -2.14. The summed E-state index contributed by atoms with van der Waals surface area (Å²) in [6.45, 7) is 4.11. The zero-order valence-corrected chi connectivity index (χ0v) is 15.6. The predicted octanol–water partition coefficient (Wildman–Crippen LogP) is 3.49. The van der Waals surface area contributed by atoms with Crippen molar-refractivity contribution < 1.29 is 4.79 Å². The summed E-state index contributed by atoms with van der Waals surface area (Å²) in [5, 5.41) is 2.73. The van der Waals surface area contributed by atoms with E-state index in [0.29, 0.717) is 5.11 Å². The molecular weight excluding hydrogens is 318 g/mol. The maximum atomic E-state index is 13.0. The molecule has 0 spiro atoms. The van der Waals surface area contributed by atoms with Gasteiger partial charge in [0.25, 0.3) is 5.91 Å². The first-order valence-electron chi connectivity index (χ1n) is 8.14. The standard InChI is InChI=1S/C19H23N3OS/c1-12(2)17-18(23)22(19(24)21(17)5)16-11-10-15(20(3)4)13-8-6-7-9-14(13)16/h6-12,17H,1-5H3. The lowest BCUT2D eigenvalue weighted by Gasteiger charge is -2.22. The van der Waals surface area contributed by atoms with Crippen LogP contribution < -0.4 is 9.80 Å². The Kier molecular flexibility index (Phi) is 4.22. The van der Waals surface area contributed by atoms with Crippen molar-refractivity contribution in [2.75, 3.05) is 30.9 Å². The molecule has 24 heavy (non-hydrogen) atoms. The van der Waals surface area contributed by atoms with E-state index in [-0.39, 0.29) is 17.9 Å². The molecule has 1 saturated heterocycles. The van der Waals surface area contributed by atoms with E-state index in [0.717, 1.165) is 22.1 Å². The van der Waals surface area contributed by atoms with Gasteiger partial charge in [0.2, 0.25) is 0 Å². The summed E-state index contributed by atoms with van der Waals surface area (Å²) in [5.41, 5.74) is 1.99. The van der Waals surface area contributed by atoms with Crippen LogP contribution in [-0.4, -0.2) is 43.1 Å². The van der Waals surface area contributed by atoms with Crippen molar-refractivity contribution in [2.24, 2.45) is 5.92 Å². The van der Waals surface area contributed by atoms with Gasteiger partial charge >= 0.3 is 0 Å². The fourth-order valence-electron chi connectivity index (χ4n) is 3.48. The molecule has 0 N–H and O–H groups in total. The highest BCUT2D eigenvalue weighted by Crippen LogP contribution is 2.37. The molecule has 2 aromatic carbocycles. The monoisotopic (exact) mass is 341 g/mol. The summed E-state index contributed by atoms with van der Waals surface area (Å²) in [6, 6.07) is 12.0. The first-order valence-corrected chi connectivity index (χ1v) is 8.55. The molecule has 1 aliphatic heterocycles. The summed E-state index contributed by atoms with van der Waals surface area (Å²) in [5.74, 6) is 0.262. The molecule has 5 heteroatoms. The molecule has 3 rings (SSSR count). The van der Waals surface area contributed by atoms with Gasteiger partial charge in [-0.2, -0.15) is 0 Å². The number of amides is 1. The third kappa shape index (κ3) is 2.44. The maximum absolute atomic E-state index is 13.0. The third-order valence-corrected chi connectivity index (χ3v) is 5.09. The third-order valence-electron chi connectivity index (χ3n) is 4.62. The first kappa shape index (κ1) is 16.7. The molecule has 0 aliphatic carbocycles. The van der Waals surface area contributed by atoms with Gasteiger partial charge in [0, 0.05) is 37.6 Å². The van der Waals surface area contributed by atoms with E-state index >= 15 is 0 Å². The highest BCUT2D eigenvalue weighted by molar-refractivity contribution is 7.80. The number of carbonyl (C=O) groups is 1. The lowest BCUT2D eigenvalue weighted by atomic mass is 10.0. The molecule has 0 aromatic heterocycles. The lowest BCUT2D eigenvalue weighted by Crippen LogP contribution is -2.35. The van der Waals surface area contributed by atoms with Crippen molar-refractivity contribution in [3.05, 3.63) is 36.4 Å². The number of thiocarbonyl (C=S) groups is 1. The van der Waals surface area contributed by atoms with E-state index in [1.807, 2.05) is 44.2 Å².